The van der Waals surface area contributed by atoms with E-state index < -0.39 is 0 Å². The third kappa shape index (κ3) is 4.96. The quantitative estimate of drug-likeness (QED) is 0.839. The lowest BCUT2D eigenvalue weighted by atomic mass is 9.82. The molecule has 0 aromatic rings. The zero-order valence-corrected chi connectivity index (χ0v) is 12.9. The predicted molar refractivity (Wildman–Crippen MR) is 81.4 cm³/mol. The van der Waals surface area contributed by atoms with Crippen LogP contribution in [0, 0.1) is 11.8 Å². The minimum atomic E-state index is 0. The molecule has 1 amide bonds. The average Bonchev–Trinajstić information content (AvgIpc) is 2.39. The van der Waals surface area contributed by atoms with Crippen molar-refractivity contribution in [3.05, 3.63) is 0 Å². The van der Waals surface area contributed by atoms with E-state index in [1.165, 1.54) is 32.1 Å². The van der Waals surface area contributed by atoms with Crippen molar-refractivity contribution in [3.8, 4) is 0 Å². The Hall–Kier alpha value is -0.280. The first-order valence-corrected chi connectivity index (χ1v) is 7.75. The monoisotopic (exact) mass is 288 g/mol. The predicted octanol–water partition coefficient (Wildman–Crippen LogP) is 3.01. The van der Waals surface area contributed by atoms with Crippen molar-refractivity contribution in [1.29, 1.82) is 0 Å². The number of rotatable bonds is 3. The summed E-state index contributed by atoms with van der Waals surface area (Å²) in [6.45, 7) is 2.26. The number of nitrogens with one attached hydrogen (secondary N) is 1. The van der Waals surface area contributed by atoms with Crippen LogP contribution in [0.4, 0.5) is 0 Å². The van der Waals surface area contributed by atoms with Crippen molar-refractivity contribution in [2.45, 2.75) is 76.8 Å². The SMILES string of the molecule is CCC1CCCC(NC(=O)C2CCCC(N)C2)C1.Cl. The molecule has 4 heteroatoms. The second-order valence-corrected chi connectivity index (χ2v) is 6.27. The van der Waals surface area contributed by atoms with Crippen molar-refractivity contribution in [2.24, 2.45) is 17.6 Å². The lowest BCUT2D eigenvalue weighted by molar-refractivity contribution is -0.127. The summed E-state index contributed by atoms with van der Waals surface area (Å²) in [6, 6.07) is 0.665. The van der Waals surface area contributed by atoms with E-state index in [9.17, 15) is 4.79 Å². The lowest BCUT2D eigenvalue weighted by Gasteiger charge is -2.32. The summed E-state index contributed by atoms with van der Waals surface area (Å²) in [7, 11) is 0. The summed E-state index contributed by atoms with van der Waals surface area (Å²) in [5.41, 5.74) is 5.96. The molecule has 19 heavy (non-hydrogen) atoms. The van der Waals surface area contributed by atoms with E-state index in [1.807, 2.05) is 0 Å². The molecule has 0 aromatic carbocycles. The van der Waals surface area contributed by atoms with Crippen LogP contribution < -0.4 is 11.1 Å². The van der Waals surface area contributed by atoms with Crippen LogP contribution in [-0.2, 0) is 4.79 Å². The van der Waals surface area contributed by atoms with Crippen molar-refractivity contribution < 1.29 is 4.79 Å². The Balaban J connectivity index is 0.00000180. The first-order chi connectivity index (χ1) is 8.69. The van der Waals surface area contributed by atoms with Gasteiger partial charge in [0.15, 0.2) is 0 Å². The van der Waals surface area contributed by atoms with E-state index >= 15 is 0 Å². The standard InChI is InChI=1S/C15H28N2O.ClH/c1-2-11-5-3-8-14(9-11)17-15(18)12-6-4-7-13(16)10-12;/h11-14H,2-10,16H2,1H3,(H,17,18);1H. The highest BCUT2D eigenvalue weighted by Gasteiger charge is 2.28. The van der Waals surface area contributed by atoms with E-state index in [2.05, 4.69) is 12.2 Å². The highest BCUT2D eigenvalue weighted by atomic mass is 35.5. The van der Waals surface area contributed by atoms with Gasteiger partial charge in [0.2, 0.25) is 5.91 Å². The van der Waals surface area contributed by atoms with E-state index in [-0.39, 0.29) is 30.3 Å². The smallest absolute Gasteiger partial charge is 0.223 e. The summed E-state index contributed by atoms with van der Waals surface area (Å²) < 4.78 is 0. The molecule has 2 saturated carbocycles. The summed E-state index contributed by atoms with van der Waals surface area (Å²) >= 11 is 0. The van der Waals surface area contributed by atoms with Crippen LogP contribution in [0.1, 0.15) is 64.7 Å². The minimum Gasteiger partial charge on any atom is -0.353 e. The first kappa shape index (κ1) is 16.8. The van der Waals surface area contributed by atoms with Gasteiger partial charge in [-0.1, -0.05) is 32.6 Å². The van der Waals surface area contributed by atoms with Gasteiger partial charge in [-0.2, -0.15) is 0 Å². The fourth-order valence-electron chi connectivity index (χ4n) is 3.58. The molecule has 0 saturated heterocycles. The maximum absolute atomic E-state index is 12.2. The number of carbonyl (C=O) groups excluding carboxylic acids is 1. The van der Waals surface area contributed by atoms with Crippen LogP contribution in [0.2, 0.25) is 0 Å². The molecule has 0 aromatic heterocycles. The second kappa shape index (κ2) is 8.11. The molecular weight excluding hydrogens is 260 g/mol. The molecule has 2 aliphatic rings. The van der Waals surface area contributed by atoms with Crippen LogP contribution in [0.15, 0.2) is 0 Å². The normalized spacial score (nSPS) is 35.3. The van der Waals surface area contributed by atoms with Crippen molar-refractivity contribution in [2.75, 3.05) is 0 Å². The number of nitrogens with two attached hydrogens (primary N) is 1. The molecule has 4 atom stereocenters. The molecular formula is C15H29ClN2O. The van der Waals surface area contributed by atoms with Gasteiger partial charge in [0.1, 0.15) is 0 Å². The molecule has 3 nitrogen and oxygen atoms in total. The van der Waals surface area contributed by atoms with Crippen LogP contribution in [0.5, 0.6) is 0 Å². The van der Waals surface area contributed by atoms with E-state index in [0.717, 1.165) is 31.6 Å². The third-order valence-electron chi connectivity index (χ3n) is 4.79. The van der Waals surface area contributed by atoms with Crippen molar-refractivity contribution in [1.82, 2.24) is 5.32 Å². The lowest BCUT2D eigenvalue weighted by Crippen LogP contribution is -2.44. The number of halogens is 1. The van der Waals surface area contributed by atoms with Gasteiger partial charge in [0, 0.05) is 18.0 Å². The number of amides is 1. The summed E-state index contributed by atoms with van der Waals surface area (Å²) in [5.74, 6) is 1.26. The van der Waals surface area contributed by atoms with Crippen LogP contribution in [-0.4, -0.2) is 18.0 Å². The molecule has 0 aliphatic heterocycles. The van der Waals surface area contributed by atoms with Crippen LogP contribution in [0.25, 0.3) is 0 Å². The van der Waals surface area contributed by atoms with Crippen molar-refractivity contribution in [3.63, 3.8) is 0 Å². The molecule has 0 radical (unpaired) electrons. The van der Waals surface area contributed by atoms with Crippen molar-refractivity contribution >= 4 is 18.3 Å². The van der Waals surface area contributed by atoms with Gasteiger partial charge in [-0.15, -0.1) is 12.4 Å². The zero-order valence-electron chi connectivity index (χ0n) is 12.1. The topological polar surface area (TPSA) is 55.1 Å². The first-order valence-electron chi connectivity index (χ1n) is 7.75. The largest absolute Gasteiger partial charge is 0.353 e. The molecule has 2 rings (SSSR count). The summed E-state index contributed by atoms with van der Waals surface area (Å²) in [6.07, 6.45) is 10.3. The second-order valence-electron chi connectivity index (χ2n) is 6.27. The molecule has 3 N–H and O–H groups in total. The van der Waals surface area contributed by atoms with Crippen LogP contribution >= 0.6 is 12.4 Å². The van der Waals surface area contributed by atoms with Gasteiger partial charge in [0.05, 0.1) is 0 Å². The Morgan fingerprint density at radius 2 is 1.89 bits per heavy atom. The van der Waals surface area contributed by atoms with Gasteiger partial charge in [-0.05, 0) is 38.0 Å². The van der Waals surface area contributed by atoms with Gasteiger partial charge in [0.25, 0.3) is 0 Å². The molecule has 0 bridgehead atoms. The Morgan fingerprint density at radius 1 is 1.16 bits per heavy atom. The van der Waals surface area contributed by atoms with Gasteiger partial charge < -0.3 is 11.1 Å². The van der Waals surface area contributed by atoms with E-state index in [0.29, 0.717) is 6.04 Å². The van der Waals surface area contributed by atoms with E-state index in [4.69, 9.17) is 5.73 Å². The molecule has 112 valence electrons. The summed E-state index contributed by atoms with van der Waals surface area (Å²) in [5, 5.41) is 3.28. The molecule has 2 fully saturated rings. The molecule has 0 heterocycles. The van der Waals surface area contributed by atoms with Gasteiger partial charge in [-0.25, -0.2) is 0 Å². The maximum atomic E-state index is 12.2. The molecule has 0 spiro atoms. The Bertz CT molecular complexity index is 285. The number of carbonyl (C=O) groups is 1. The molecule has 4 unspecified atom stereocenters. The zero-order chi connectivity index (χ0) is 13.0. The number of hydrogen-bond donors (Lipinski definition) is 2. The fraction of sp³-hybridized carbons (Fsp3) is 0.933. The van der Waals surface area contributed by atoms with E-state index in [1.54, 1.807) is 0 Å². The molecule has 2 aliphatic carbocycles. The fourth-order valence-corrected chi connectivity index (χ4v) is 3.58. The Labute approximate surface area is 123 Å². The third-order valence-corrected chi connectivity index (χ3v) is 4.79. The number of hydrogen-bond acceptors (Lipinski definition) is 2. The van der Waals surface area contributed by atoms with Crippen LogP contribution in [0.3, 0.4) is 0 Å². The minimum absolute atomic E-state index is 0. The maximum Gasteiger partial charge on any atom is 0.223 e. The highest BCUT2D eigenvalue weighted by molar-refractivity contribution is 5.85. The van der Waals surface area contributed by atoms with Gasteiger partial charge in [-0.3, -0.25) is 4.79 Å². The Kier molecular flexibility index (Phi) is 7.16. The average molecular weight is 289 g/mol. The summed E-state index contributed by atoms with van der Waals surface area (Å²) in [4.78, 5) is 12.2. The van der Waals surface area contributed by atoms with Gasteiger partial charge >= 0.3 is 0 Å². The Morgan fingerprint density at radius 3 is 2.58 bits per heavy atom. The highest BCUT2D eigenvalue weighted by Crippen LogP contribution is 2.28.